The van der Waals surface area contributed by atoms with Crippen LogP contribution in [0, 0.1) is 6.92 Å². The molecule has 1 N–H and O–H groups in total. The van der Waals surface area contributed by atoms with Gasteiger partial charge in [-0.05, 0) is 60.2 Å². The molecule has 3 heterocycles. The summed E-state index contributed by atoms with van der Waals surface area (Å²) < 4.78 is 86.8. The van der Waals surface area contributed by atoms with Gasteiger partial charge in [0, 0.05) is 18.5 Å². The first-order chi connectivity index (χ1) is 18.8. The molecule has 2 aromatic carbocycles. The minimum atomic E-state index is -4.99. The van der Waals surface area contributed by atoms with E-state index in [4.69, 9.17) is 4.74 Å². The van der Waals surface area contributed by atoms with Gasteiger partial charge in [0.2, 0.25) is 0 Å². The Bertz CT molecular complexity index is 1530. The molecule has 1 amide bonds. The molecule has 1 aromatic heterocycles. The molecule has 0 bridgehead atoms. The van der Waals surface area contributed by atoms with E-state index in [-0.39, 0.29) is 24.3 Å². The fourth-order valence-corrected chi connectivity index (χ4v) is 5.52. The zero-order valence-electron chi connectivity index (χ0n) is 20.9. The van der Waals surface area contributed by atoms with Crippen molar-refractivity contribution in [2.24, 2.45) is 4.99 Å². The van der Waals surface area contributed by atoms with Crippen molar-refractivity contribution in [3.05, 3.63) is 69.3 Å². The summed E-state index contributed by atoms with van der Waals surface area (Å²) >= 11 is 1.20. The predicted molar refractivity (Wildman–Crippen MR) is 136 cm³/mol. The molecule has 0 aliphatic carbocycles. The van der Waals surface area contributed by atoms with Gasteiger partial charge in [-0.1, -0.05) is 12.1 Å². The second kappa shape index (κ2) is 10.6. The lowest BCUT2D eigenvalue weighted by atomic mass is 10.0. The Morgan fingerprint density at radius 2 is 1.90 bits per heavy atom. The summed E-state index contributed by atoms with van der Waals surface area (Å²) in [4.78, 5) is 18.9. The quantitative estimate of drug-likeness (QED) is 0.340. The maximum atomic E-state index is 13.6. The zero-order chi connectivity index (χ0) is 28.8. The molecule has 14 heteroatoms. The van der Waals surface area contributed by atoms with Crippen LogP contribution < -0.4 is 0 Å². The number of rotatable bonds is 4. The maximum absolute atomic E-state index is 13.6. The molecule has 40 heavy (non-hydrogen) atoms. The van der Waals surface area contributed by atoms with Gasteiger partial charge in [-0.25, -0.2) is 0 Å². The number of benzene rings is 2. The lowest BCUT2D eigenvalue weighted by Crippen LogP contribution is -2.45. The number of aromatic nitrogens is 2. The smallest absolute Gasteiger partial charge is 0.394 e. The number of aliphatic hydroxyl groups is 1. The van der Waals surface area contributed by atoms with Crippen LogP contribution in [0.2, 0.25) is 0 Å². The van der Waals surface area contributed by atoms with E-state index in [0.717, 1.165) is 6.07 Å². The van der Waals surface area contributed by atoms with Crippen molar-refractivity contribution in [1.29, 1.82) is 0 Å². The summed E-state index contributed by atoms with van der Waals surface area (Å²) in [6, 6.07) is 6.62. The fourth-order valence-electron chi connectivity index (χ4n) is 4.57. The number of morpholine rings is 1. The molecule has 0 saturated carbocycles. The van der Waals surface area contributed by atoms with Crippen molar-refractivity contribution in [2.45, 2.75) is 31.9 Å². The van der Waals surface area contributed by atoms with Gasteiger partial charge in [-0.2, -0.15) is 36.4 Å². The molecule has 7 nitrogen and oxygen atoms in total. The first-order valence-electron chi connectivity index (χ1n) is 12.1. The number of fused-ring (bicyclic) bond motifs is 1. The normalized spacial score (nSPS) is 19.6. The number of amides is 1. The molecule has 2 aliphatic rings. The number of nitrogens with zero attached hydrogens (tertiary/aromatic N) is 4. The van der Waals surface area contributed by atoms with Crippen LogP contribution in [0.5, 0.6) is 0 Å². The Hall–Kier alpha value is -3.36. The van der Waals surface area contributed by atoms with Crippen molar-refractivity contribution in [2.75, 3.05) is 26.3 Å². The summed E-state index contributed by atoms with van der Waals surface area (Å²) in [5.74, 6) is -0.415. The van der Waals surface area contributed by atoms with E-state index >= 15 is 0 Å². The number of halogens is 6. The van der Waals surface area contributed by atoms with Crippen LogP contribution in [0.3, 0.4) is 0 Å². The van der Waals surface area contributed by atoms with Crippen LogP contribution in [-0.4, -0.2) is 63.3 Å². The SMILES string of the molecule is Cc1nn(Cc2ccc(C(F)(F)F)cc2C(F)(F)F)c2ccc(/C=C3\SC(N4CCOC(CO)C4)=NC3=O)cc12. The Kier molecular flexibility index (Phi) is 7.44. The Morgan fingerprint density at radius 1 is 1.12 bits per heavy atom. The van der Waals surface area contributed by atoms with Crippen molar-refractivity contribution in [3.8, 4) is 0 Å². The van der Waals surface area contributed by atoms with Crippen LogP contribution >= 0.6 is 11.8 Å². The monoisotopic (exact) mass is 584 g/mol. The first-order valence-corrected chi connectivity index (χ1v) is 12.9. The average Bonchev–Trinajstić information content (AvgIpc) is 3.41. The van der Waals surface area contributed by atoms with Gasteiger partial charge in [-0.3, -0.25) is 9.48 Å². The van der Waals surface area contributed by atoms with E-state index in [1.54, 1.807) is 31.2 Å². The highest BCUT2D eigenvalue weighted by molar-refractivity contribution is 8.18. The molecule has 3 aromatic rings. The maximum Gasteiger partial charge on any atom is 0.416 e. The van der Waals surface area contributed by atoms with Gasteiger partial charge >= 0.3 is 12.4 Å². The zero-order valence-corrected chi connectivity index (χ0v) is 21.7. The van der Waals surface area contributed by atoms with Crippen LogP contribution in [0.25, 0.3) is 17.0 Å². The molecule has 1 atom stereocenters. The molecule has 2 aliphatic heterocycles. The number of carbonyl (C=O) groups is 1. The lowest BCUT2D eigenvalue weighted by molar-refractivity contribution is -0.143. The number of amidine groups is 1. The van der Waals surface area contributed by atoms with Crippen molar-refractivity contribution in [3.63, 3.8) is 0 Å². The van der Waals surface area contributed by atoms with Gasteiger partial charge in [-0.15, -0.1) is 0 Å². The summed E-state index contributed by atoms with van der Waals surface area (Å²) in [6.07, 6.45) is -8.60. The highest BCUT2D eigenvalue weighted by Gasteiger charge is 2.38. The Morgan fingerprint density at radius 3 is 2.60 bits per heavy atom. The van der Waals surface area contributed by atoms with Gasteiger partial charge in [0.25, 0.3) is 5.91 Å². The van der Waals surface area contributed by atoms with Gasteiger partial charge in [0.05, 0.1) is 53.1 Å². The van der Waals surface area contributed by atoms with E-state index in [1.165, 1.54) is 16.4 Å². The number of alkyl halides is 6. The van der Waals surface area contributed by atoms with Crippen LogP contribution in [-0.2, 0) is 28.4 Å². The van der Waals surface area contributed by atoms with Gasteiger partial charge in [0.15, 0.2) is 5.17 Å². The highest BCUT2D eigenvalue weighted by atomic mass is 32.2. The van der Waals surface area contributed by atoms with E-state index in [2.05, 4.69) is 10.1 Å². The van der Waals surface area contributed by atoms with Crippen LogP contribution in [0.15, 0.2) is 46.3 Å². The van der Waals surface area contributed by atoms with Crippen molar-refractivity contribution in [1.82, 2.24) is 14.7 Å². The molecule has 212 valence electrons. The first kappa shape index (κ1) is 28.2. The summed E-state index contributed by atoms with van der Waals surface area (Å²) in [7, 11) is 0. The molecule has 0 spiro atoms. The number of hydrogen-bond acceptors (Lipinski definition) is 6. The molecular formula is C26H22F6N4O3S. The largest absolute Gasteiger partial charge is 0.416 e. The second-order valence-corrected chi connectivity index (χ2v) is 10.3. The fraction of sp³-hybridized carbons (Fsp3) is 0.346. The van der Waals surface area contributed by atoms with Crippen molar-refractivity contribution < 1.29 is 41.0 Å². The van der Waals surface area contributed by atoms with E-state index in [1.807, 2.05) is 4.90 Å². The third-order valence-corrected chi connectivity index (χ3v) is 7.59. The third-order valence-electron chi connectivity index (χ3n) is 6.54. The number of carbonyl (C=O) groups excluding carboxylic acids is 1. The average molecular weight is 585 g/mol. The standard InChI is InChI=1S/C26H22F6N4O3S/c1-14-19-8-15(9-22-23(38)33-24(40-22)35-6-7-39-18(12-35)13-37)2-5-21(19)36(34-14)11-16-3-4-17(25(27,28)29)10-20(16)26(30,31)32/h2-5,8-10,18,37H,6-7,11-13H2,1H3/b22-9-. The lowest BCUT2D eigenvalue weighted by Gasteiger charge is -2.32. The number of aliphatic hydroxyl groups excluding tert-OH is 1. The number of aliphatic imine (C=N–C) groups is 1. The Balaban J connectivity index is 1.40. The van der Waals surface area contributed by atoms with E-state index in [9.17, 15) is 36.2 Å². The summed E-state index contributed by atoms with van der Waals surface area (Å²) in [5.41, 5.74) is -1.47. The second-order valence-electron chi connectivity index (χ2n) is 9.32. The minimum Gasteiger partial charge on any atom is -0.394 e. The van der Waals surface area contributed by atoms with Gasteiger partial charge in [0.1, 0.15) is 0 Å². The summed E-state index contributed by atoms with van der Waals surface area (Å²) in [6.45, 7) is 2.46. The number of thioether (sulfide) groups is 1. The summed E-state index contributed by atoms with van der Waals surface area (Å²) in [5, 5.41) is 14.8. The van der Waals surface area contributed by atoms with Crippen LogP contribution in [0.4, 0.5) is 26.3 Å². The number of ether oxygens (including phenoxy) is 1. The Labute approximate surface area is 228 Å². The highest BCUT2D eigenvalue weighted by Crippen LogP contribution is 2.38. The predicted octanol–water partition coefficient (Wildman–Crippen LogP) is 5.09. The third kappa shape index (κ3) is 5.74. The molecular weight excluding hydrogens is 562 g/mol. The number of hydrogen-bond donors (Lipinski definition) is 1. The molecule has 5 rings (SSSR count). The molecule has 1 saturated heterocycles. The number of aryl methyl sites for hydroxylation is 1. The molecule has 1 fully saturated rings. The molecule has 0 radical (unpaired) electrons. The van der Waals surface area contributed by atoms with Crippen LogP contribution in [0.1, 0.15) is 27.9 Å². The van der Waals surface area contributed by atoms with Crippen molar-refractivity contribution >= 4 is 39.8 Å². The van der Waals surface area contributed by atoms with E-state index in [0.29, 0.717) is 58.0 Å². The van der Waals surface area contributed by atoms with E-state index < -0.39 is 35.9 Å². The minimum absolute atomic E-state index is 0.117. The van der Waals surface area contributed by atoms with Gasteiger partial charge < -0.3 is 14.7 Å². The molecule has 1 unspecified atom stereocenters. The topological polar surface area (TPSA) is 80.0 Å².